The molecule has 0 unspecified atom stereocenters. The molecule has 0 aliphatic heterocycles. The third kappa shape index (κ3) is 11.4. The first-order valence-electron chi connectivity index (χ1n) is 26.7. The van der Waals surface area contributed by atoms with E-state index in [0.29, 0.717) is 42.9 Å². The van der Waals surface area contributed by atoms with Crippen LogP contribution in [0.15, 0.2) is 264 Å². The summed E-state index contributed by atoms with van der Waals surface area (Å²) in [5.41, 5.74) is 9.87. The molecule has 0 aliphatic rings. The molecule has 0 saturated heterocycles. The molecule has 12 rings (SSSR count). The van der Waals surface area contributed by atoms with Crippen molar-refractivity contribution >= 4 is 120 Å². The molecule has 75 heavy (non-hydrogen) atoms. The monoisotopic (exact) mass is 1040 g/mol. The molecule has 0 aliphatic carbocycles. The number of pyridine rings is 2. The van der Waals surface area contributed by atoms with Gasteiger partial charge in [-0.05, 0) is 135 Å². The van der Waals surface area contributed by atoms with E-state index in [1.54, 1.807) is 24.5 Å². The maximum Gasteiger partial charge on any atom is 0.228 e. The highest BCUT2D eigenvalue weighted by atomic mass is 35.5. The number of aromatic nitrogens is 2. The molecule has 0 spiro atoms. The highest BCUT2D eigenvalue weighted by Crippen LogP contribution is 2.48. The van der Waals surface area contributed by atoms with E-state index in [1.165, 1.54) is 18.4 Å². The van der Waals surface area contributed by atoms with Crippen molar-refractivity contribution in [2.75, 3.05) is 20.0 Å². The van der Waals surface area contributed by atoms with Crippen molar-refractivity contribution in [1.82, 2.24) is 9.97 Å². The van der Waals surface area contributed by atoms with Gasteiger partial charge >= 0.3 is 0 Å². The molecule has 0 fully saturated rings. The Morgan fingerprint density at radius 1 is 0.360 bits per heavy atom. The number of hydrogen-bond donors (Lipinski definition) is 1. The molecule has 4 aromatic heterocycles. The van der Waals surface area contributed by atoms with E-state index in [2.05, 4.69) is 20.2 Å². The van der Waals surface area contributed by atoms with Crippen LogP contribution in [0.5, 0.6) is 0 Å². The van der Waals surface area contributed by atoms with Gasteiger partial charge < -0.3 is 28.9 Å². The summed E-state index contributed by atoms with van der Waals surface area (Å²) < 4.78 is 57.3. The molecular weight excluding hydrogens is 991 g/mol. The maximum absolute atomic E-state index is 7.74. The van der Waals surface area contributed by atoms with Gasteiger partial charge in [-0.3, -0.25) is 0 Å². The Morgan fingerprint density at radius 2 is 0.707 bits per heavy atom. The summed E-state index contributed by atoms with van der Waals surface area (Å²) in [4.78, 5) is 14.5. The molecule has 1 N–H and O–H groups in total. The minimum Gasteiger partial charge on any atom is -0.444 e. The quantitative estimate of drug-likeness (QED) is 0.137. The van der Waals surface area contributed by atoms with E-state index in [4.69, 9.17) is 51.9 Å². The fraction of sp³-hybridized carbons (Fsp3) is 0.0312. The van der Waals surface area contributed by atoms with E-state index in [0.717, 1.165) is 45.5 Å². The first-order valence-corrected chi connectivity index (χ1v) is 24.8. The number of aryl methyl sites for hydroxylation is 2. The molecule has 4 heterocycles. The zero-order valence-corrected chi connectivity index (χ0v) is 42.2. The number of fused-ring (bicyclic) bond motifs is 2. The molecule has 0 bridgehead atoms. The number of nitrogens with one attached hydrogen (secondary N) is 1. The Balaban J connectivity index is 0.000000155. The molecule has 368 valence electrons. The average Bonchev–Trinajstić information content (AvgIpc) is 4.28. The van der Waals surface area contributed by atoms with Gasteiger partial charge in [-0.25, -0.2) is 9.97 Å². The first kappa shape index (κ1) is 42.7. The number of halogens is 3. The van der Waals surface area contributed by atoms with Gasteiger partial charge in [0.25, 0.3) is 0 Å². The standard InChI is InChI=1S/C32H24ClN3O.C20H14Cl2N2O.C12H11N/c1-23-20-21-27-30(22-37-32(27)34-23)36(26-16-9-4-10-17-26)29-19-11-18-28(31(29)33)35(24-12-5-2-6-13-24)25-14-7-3-8-15-25;1-13-10-11-15-18(12-25-20(15)23-13)24(14-6-3-2-4-7-14)17-9-5-8-16(21)19(17)22;1-3-7-11(8-4-1)13-12-9-5-2-6-10-12/h2-22H,1H3;2-12H,1H3;1-10,13H/i2*1D3;. The lowest BCUT2D eigenvalue weighted by Gasteiger charge is -2.30. The van der Waals surface area contributed by atoms with Crippen molar-refractivity contribution < 1.29 is 17.1 Å². The van der Waals surface area contributed by atoms with Gasteiger partial charge in [0.2, 0.25) is 11.4 Å². The van der Waals surface area contributed by atoms with E-state index >= 15 is 0 Å². The van der Waals surface area contributed by atoms with Crippen molar-refractivity contribution in [3.8, 4) is 0 Å². The predicted octanol–water partition coefficient (Wildman–Crippen LogP) is 20.1. The molecular formula is C64H49Cl3N6O2. The molecule has 8 aromatic carbocycles. The Hall–Kier alpha value is -8.79. The van der Waals surface area contributed by atoms with Crippen LogP contribution < -0.4 is 20.0 Å². The molecule has 0 atom stereocenters. The van der Waals surface area contributed by atoms with Crippen molar-refractivity contribution in [3.05, 3.63) is 282 Å². The summed E-state index contributed by atoms with van der Waals surface area (Å²) in [5, 5.41) is 5.98. The normalized spacial score (nSPS) is 12.3. The summed E-state index contributed by atoms with van der Waals surface area (Å²) >= 11 is 20.0. The number of para-hydroxylation sites is 6. The Morgan fingerprint density at radius 3 is 1.11 bits per heavy atom. The Kier molecular flexibility index (Phi) is 13.3. The van der Waals surface area contributed by atoms with E-state index < -0.39 is 13.7 Å². The van der Waals surface area contributed by atoms with E-state index in [-0.39, 0.29) is 22.8 Å². The summed E-state index contributed by atoms with van der Waals surface area (Å²) in [6.45, 7) is -4.65. The summed E-state index contributed by atoms with van der Waals surface area (Å²) in [5.74, 6) is 0. The van der Waals surface area contributed by atoms with Crippen molar-refractivity contribution in [1.29, 1.82) is 0 Å². The number of benzene rings is 8. The topological polar surface area (TPSA) is 73.8 Å². The molecule has 0 radical (unpaired) electrons. The van der Waals surface area contributed by atoms with Gasteiger partial charge in [0, 0.05) is 53.7 Å². The minimum absolute atomic E-state index is 0.0199. The van der Waals surface area contributed by atoms with Crippen LogP contribution >= 0.6 is 34.8 Å². The van der Waals surface area contributed by atoms with Crippen LogP contribution in [-0.4, -0.2) is 9.97 Å². The number of furan rings is 2. The highest BCUT2D eigenvalue weighted by molar-refractivity contribution is 6.44. The van der Waals surface area contributed by atoms with Gasteiger partial charge in [0.1, 0.15) is 12.5 Å². The Bertz CT molecular complexity index is 3930. The summed E-state index contributed by atoms with van der Waals surface area (Å²) in [6, 6.07) is 77.6. The van der Waals surface area contributed by atoms with Crippen LogP contribution in [0.25, 0.3) is 22.2 Å². The number of rotatable bonds is 11. The van der Waals surface area contributed by atoms with Crippen LogP contribution in [0, 0.1) is 13.7 Å². The van der Waals surface area contributed by atoms with Crippen LogP contribution in [0.3, 0.4) is 0 Å². The zero-order chi connectivity index (χ0) is 56.5. The summed E-state index contributed by atoms with van der Waals surface area (Å²) in [7, 11) is 0. The number of nitrogens with zero attached hydrogens (tertiary/aromatic N) is 5. The second-order valence-corrected chi connectivity index (χ2v) is 17.9. The van der Waals surface area contributed by atoms with Crippen LogP contribution in [-0.2, 0) is 0 Å². The maximum atomic E-state index is 7.74. The van der Waals surface area contributed by atoms with Crippen LogP contribution in [0.2, 0.25) is 15.1 Å². The second-order valence-electron chi connectivity index (χ2n) is 16.7. The summed E-state index contributed by atoms with van der Waals surface area (Å²) in [6.07, 6.45) is 3.12. The average molecular weight is 1050 g/mol. The second kappa shape index (κ2) is 23.4. The molecule has 8 nitrogen and oxygen atoms in total. The Labute approximate surface area is 459 Å². The lowest BCUT2D eigenvalue weighted by atomic mass is 10.1. The van der Waals surface area contributed by atoms with Crippen LogP contribution in [0.4, 0.5) is 62.6 Å². The minimum atomic E-state index is -2.34. The smallest absolute Gasteiger partial charge is 0.228 e. The molecule has 12 aromatic rings. The van der Waals surface area contributed by atoms with Crippen molar-refractivity contribution in [2.24, 2.45) is 0 Å². The third-order valence-corrected chi connectivity index (χ3v) is 13.0. The molecule has 0 amide bonds. The number of anilines is 11. The van der Waals surface area contributed by atoms with E-state index in [1.807, 2.05) is 222 Å². The van der Waals surface area contributed by atoms with Gasteiger partial charge in [0.15, 0.2) is 0 Å². The fourth-order valence-electron chi connectivity index (χ4n) is 8.43. The van der Waals surface area contributed by atoms with Gasteiger partial charge in [-0.2, -0.15) is 0 Å². The molecule has 0 saturated carbocycles. The zero-order valence-electron chi connectivity index (χ0n) is 45.9. The van der Waals surface area contributed by atoms with Gasteiger partial charge in [0.05, 0.1) is 54.3 Å². The van der Waals surface area contributed by atoms with Gasteiger partial charge in [-0.15, -0.1) is 0 Å². The van der Waals surface area contributed by atoms with E-state index in [9.17, 15) is 0 Å². The lowest BCUT2D eigenvalue weighted by molar-refractivity contribution is 0.602. The SMILES string of the molecule is [2H]C([2H])([2H])c1ccc2c(N(c3ccccc3)c3cccc(Cl)c3Cl)coc2n1.[2H]C([2H])([2H])c1ccc2c(N(c3ccccc3)c3cccc(N(c4ccccc4)c4ccccc4)c3Cl)coc2n1.c1ccc(Nc2ccccc2)cc1. The van der Waals surface area contributed by atoms with Gasteiger partial charge in [-0.1, -0.05) is 156 Å². The third-order valence-electron chi connectivity index (χ3n) is 11.8. The fourth-order valence-corrected chi connectivity index (χ4v) is 9.10. The number of hydrogen-bond acceptors (Lipinski definition) is 8. The van der Waals surface area contributed by atoms with Crippen LogP contribution in [0.1, 0.15) is 19.6 Å². The lowest BCUT2D eigenvalue weighted by Crippen LogP contribution is -2.14. The first-order chi connectivity index (χ1) is 39.2. The predicted molar refractivity (Wildman–Crippen MR) is 313 cm³/mol. The van der Waals surface area contributed by atoms with Crippen molar-refractivity contribution in [3.63, 3.8) is 0 Å². The highest BCUT2D eigenvalue weighted by Gasteiger charge is 2.25. The molecule has 11 heteroatoms. The largest absolute Gasteiger partial charge is 0.444 e. The van der Waals surface area contributed by atoms with Crippen molar-refractivity contribution in [2.45, 2.75) is 13.7 Å².